The van der Waals surface area contributed by atoms with Gasteiger partial charge in [-0.25, -0.2) is 0 Å². The van der Waals surface area contributed by atoms with Crippen LogP contribution in [0.5, 0.6) is 0 Å². The van der Waals surface area contributed by atoms with Gasteiger partial charge in [-0.15, -0.1) is 11.3 Å². The molecule has 74 valence electrons. The number of allylic oxidation sites excluding steroid dienone is 3. The van der Waals surface area contributed by atoms with E-state index in [0.29, 0.717) is 5.92 Å². The summed E-state index contributed by atoms with van der Waals surface area (Å²) in [5.41, 5.74) is 6.88. The van der Waals surface area contributed by atoms with Crippen molar-refractivity contribution in [2.75, 3.05) is 0 Å². The lowest BCUT2D eigenvalue weighted by Gasteiger charge is -2.07. The van der Waals surface area contributed by atoms with Gasteiger partial charge < -0.3 is 5.73 Å². The highest BCUT2D eigenvalue weighted by Gasteiger charge is 2.11. The highest BCUT2D eigenvalue weighted by Crippen LogP contribution is 2.30. The summed E-state index contributed by atoms with van der Waals surface area (Å²) in [6.45, 7) is 2.15. The van der Waals surface area contributed by atoms with E-state index in [4.69, 9.17) is 5.73 Å². The Hall–Kier alpha value is -1.02. The van der Waals surface area contributed by atoms with E-state index >= 15 is 0 Å². The van der Waals surface area contributed by atoms with Crippen molar-refractivity contribution in [2.45, 2.75) is 25.7 Å². The fourth-order valence-corrected chi connectivity index (χ4v) is 2.67. The van der Waals surface area contributed by atoms with Gasteiger partial charge in [0.25, 0.3) is 0 Å². The van der Waals surface area contributed by atoms with Gasteiger partial charge in [-0.3, -0.25) is 0 Å². The smallest absolute Gasteiger partial charge is 0.0167 e. The number of nitrogens with two attached hydrogens (primary N) is 1. The van der Waals surface area contributed by atoms with Crippen LogP contribution in [-0.2, 0) is 0 Å². The fraction of sp³-hybridized carbons (Fsp3) is 0.333. The van der Waals surface area contributed by atoms with Crippen LogP contribution in [0.3, 0.4) is 0 Å². The van der Waals surface area contributed by atoms with Crippen LogP contribution in [0.15, 0.2) is 36.1 Å². The number of hydrogen-bond donors (Lipinski definition) is 1. The molecule has 2 heteroatoms. The molecule has 1 aliphatic rings. The molecule has 1 aliphatic carbocycles. The van der Waals surface area contributed by atoms with Crippen molar-refractivity contribution in [3.63, 3.8) is 0 Å². The van der Waals surface area contributed by atoms with Crippen LogP contribution < -0.4 is 5.73 Å². The Morgan fingerprint density at radius 3 is 2.93 bits per heavy atom. The van der Waals surface area contributed by atoms with Crippen LogP contribution >= 0.6 is 11.3 Å². The molecule has 0 bridgehead atoms. The first kappa shape index (κ1) is 9.53. The number of aryl methyl sites for hydroxylation is 1. The standard InChI is InChI=1S/C12H15NS/c1-9-6-7-12(14-9)10-4-2-3-5-11(13)8-10/h2-3,6-8,10H,4-5,13H2,1H3. The van der Waals surface area contributed by atoms with Gasteiger partial charge in [0.15, 0.2) is 0 Å². The van der Waals surface area contributed by atoms with E-state index in [2.05, 4.69) is 37.3 Å². The molecule has 2 rings (SSSR count). The third-order valence-corrected chi connectivity index (χ3v) is 3.58. The van der Waals surface area contributed by atoms with Gasteiger partial charge in [0.05, 0.1) is 0 Å². The van der Waals surface area contributed by atoms with Crippen molar-refractivity contribution in [2.24, 2.45) is 5.73 Å². The summed E-state index contributed by atoms with van der Waals surface area (Å²) in [7, 11) is 0. The van der Waals surface area contributed by atoms with Crippen molar-refractivity contribution in [3.05, 3.63) is 45.8 Å². The molecule has 0 amide bonds. The molecule has 0 radical (unpaired) electrons. The van der Waals surface area contributed by atoms with E-state index in [1.807, 2.05) is 11.3 Å². The first-order chi connectivity index (χ1) is 6.75. The van der Waals surface area contributed by atoms with Gasteiger partial charge in [-0.2, -0.15) is 0 Å². The maximum atomic E-state index is 5.88. The molecule has 14 heavy (non-hydrogen) atoms. The lowest BCUT2D eigenvalue weighted by Crippen LogP contribution is -1.98. The van der Waals surface area contributed by atoms with Crippen LogP contribution in [0.1, 0.15) is 28.5 Å². The van der Waals surface area contributed by atoms with Gasteiger partial charge >= 0.3 is 0 Å². The Bertz CT molecular complexity index is 373. The zero-order valence-electron chi connectivity index (χ0n) is 8.36. The lowest BCUT2D eigenvalue weighted by molar-refractivity contribution is 0.880. The predicted octanol–water partition coefficient (Wildman–Crippen LogP) is 3.33. The Kier molecular flexibility index (Phi) is 2.73. The molecule has 0 aromatic carbocycles. The molecule has 1 heterocycles. The molecule has 0 saturated heterocycles. The Labute approximate surface area is 88.9 Å². The molecule has 1 unspecified atom stereocenters. The average molecular weight is 205 g/mol. The van der Waals surface area contributed by atoms with Gasteiger partial charge in [0.1, 0.15) is 0 Å². The molecule has 1 aromatic heterocycles. The summed E-state index contributed by atoms with van der Waals surface area (Å²) in [6.07, 6.45) is 8.58. The van der Waals surface area contributed by atoms with E-state index < -0.39 is 0 Å². The van der Waals surface area contributed by atoms with E-state index in [1.165, 1.54) is 9.75 Å². The minimum atomic E-state index is 0.493. The zero-order valence-corrected chi connectivity index (χ0v) is 9.18. The summed E-state index contributed by atoms with van der Waals surface area (Å²) >= 11 is 1.87. The Balaban J connectivity index is 2.25. The summed E-state index contributed by atoms with van der Waals surface area (Å²) in [5, 5.41) is 0. The summed E-state index contributed by atoms with van der Waals surface area (Å²) < 4.78 is 0. The van der Waals surface area contributed by atoms with Crippen LogP contribution in [-0.4, -0.2) is 0 Å². The van der Waals surface area contributed by atoms with Crippen LogP contribution in [0.4, 0.5) is 0 Å². The van der Waals surface area contributed by atoms with Gasteiger partial charge in [-0.05, 0) is 25.5 Å². The molecular formula is C12H15NS. The molecule has 2 N–H and O–H groups in total. The normalized spacial score (nSPS) is 21.8. The minimum absolute atomic E-state index is 0.493. The molecule has 0 aliphatic heterocycles. The van der Waals surface area contributed by atoms with E-state index in [-0.39, 0.29) is 0 Å². The molecule has 0 saturated carbocycles. The highest BCUT2D eigenvalue weighted by molar-refractivity contribution is 7.12. The molecule has 1 atom stereocenters. The van der Waals surface area contributed by atoms with Crippen molar-refractivity contribution < 1.29 is 0 Å². The fourth-order valence-electron chi connectivity index (χ4n) is 1.71. The second-order valence-electron chi connectivity index (χ2n) is 3.71. The third-order valence-electron chi connectivity index (χ3n) is 2.45. The maximum Gasteiger partial charge on any atom is 0.0167 e. The minimum Gasteiger partial charge on any atom is -0.402 e. The van der Waals surface area contributed by atoms with E-state index in [9.17, 15) is 0 Å². The van der Waals surface area contributed by atoms with Gasteiger partial charge in [0.2, 0.25) is 0 Å². The predicted molar refractivity (Wildman–Crippen MR) is 62.4 cm³/mol. The van der Waals surface area contributed by atoms with Crippen LogP contribution in [0.25, 0.3) is 0 Å². The van der Waals surface area contributed by atoms with Gasteiger partial charge in [0, 0.05) is 27.8 Å². The van der Waals surface area contributed by atoms with E-state index in [1.54, 1.807) is 0 Å². The topological polar surface area (TPSA) is 26.0 Å². The van der Waals surface area contributed by atoms with E-state index in [0.717, 1.165) is 18.5 Å². The Morgan fingerprint density at radius 2 is 2.21 bits per heavy atom. The monoisotopic (exact) mass is 205 g/mol. The Morgan fingerprint density at radius 1 is 1.36 bits per heavy atom. The van der Waals surface area contributed by atoms with Crippen molar-refractivity contribution in [1.29, 1.82) is 0 Å². The van der Waals surface area contributed by atoms with Crippen molar-refractivity contribution in [3.8, 4) is 0 Å². The summed E-state index contributed by atoms with van der Waals surface area (Å²) in [5.74, 6) is 0.493. The number of hydrogen-bond acceptors (Lipinski definition) is 2. The quantitative estimate of drug-likeness (QED) is 0.699. The molecular weight excluding hydrogens is 190 g/mol. The summed E-state index contributed by atoms with van der Waals surface area (Å²) in [6, 6.07) is 4.40. The number of thiophene rings is 1. The second-order valence-corrected chi connectivity index (χ2v) is 5.03. The average Bonchev–Trinajstić information content (AvgIpc) is 2.45. The largest absolute Gasteiger partial charge is 0.402 e. The number of rotatable bonds is 1. The second kappa shape index (κ2) is 4.01. The van der Waals surface area contributed by atoms with Crippen molar-refractivity contribution >= 4 is 11.3 Å². The molecule has 0 spiro atoms. The van der Waals surface area contributed by atoms with Crippen molar-refractivity contribution in [1.82, 2.24) is 0 Å². The lowest BCUT2D eigenvalue weighted by atomic mass is 10.0. The highest BCUT2D eigenvalue weighted by atomic mass is 32.1. The maximum absolute atomic E-state index is 5.88. The zero-order chi connectivity index (χ0) is 9.97. The first-order valence-electron chi connectivity index (χ1n) is 4.93. The van der Waals surface area contributed by atoms with Crippen LogP contribution in [0.2, 0.25) is 0 Å². The first-order valence-corrected chi connectivity index (χ1v) is 5.75. The molecule has 1 nitrogen and oxygen atoms in total. The van der Waals surface area contributed by atoms with Gasteiger partial charge in [-0.1, -0.05) is 18.2 Å². The summed E-state index contributed by atoms with van der Waals surface area (Å²) in [4.78, 5) is 2.80. The SMILES string of the molecule is Cc1ccc(C2C=C(N)CC=CC2)s1. The van der Waals surface area contributed by atoms with Crippen LogP contribution in [0, 0.1) is 6.92 Å². The third kappa shape index (κ3) is 2.07. The molecule has 0 fully saturated rings. The molecule has 1 aromatic rings.